The number of carboxylic acid groups (broad SMARTS) is 1. The Labute approximate surface area is 144 Å². The largest absolute Gasteiger partial charge is 0.481 e. The standard InChI is InChI=1S/C16H19NO5S2/c18-14(7-9-16(19)20)15-8-6-12(23-15)10-11-17-24(21,22)13-4-2-1-3-5-13/h1-6,8,14,17-18H,7,9-11H2,(H,19,20). The summed E-state index contributed by atoms with van der Waals surface area (Å²) in [4.78, 5) is 12.4. The second kappa shape index (κ2) is 8.39. The number of sulfonamides is 1. The number of hydrogen-bond donors (Lipinski definition) is 3. The van der Waals surface area contributed by atoms with Crippen LogP contribution in [-0.4, -0.2) is 31.1 Å². The van der Waals surface area contributed by atoms with Crippen molar-refractivity contribution in [1.82, 2.24) is 4.72 Å². The Morgan fingerprint density at radius 2 is 1.88 bits per heavy atom. The predicted molar refractivity (Wildman–Crippen MR) is 91.5 cm³/mol. The van der Waals surface area contributed by atoms with E-state index in [9.17, 15) is 18.3 Å². The molecule has 0 fully saturated rings. The van der Waals surface area contributed by atoms with Crippen molar-refractivity contribution < 1.29 is 23.4 Å². The maximum absolute atomic E-state index is 12.1. The van der Waals surface area contributed by atoms with Gasteiger partial charge in [0.25, 0.3) is 0 Å². The summed E-state index contributed by atoms with van der Waals surface area (Å²) in [5, 5.41) is 18.5. The van der Waals surface area contributed by atoms with E-state index in [1.807, 2.05) is 6.07 Å². The van der Waals surface area contributed by atoms with Crippen LogP contribution in [0.2, 0.25) is 0 Å². The maximum Gasteiger partial charge on any atom is 0.303 e. The van der Waals surface area contributed by atoms with E-state index >= 15 is 0 Å². The van der Waals surface area contributed by atoms with Crippen LogP contribution in [0.5, 0.6) is 0 Å². The molecule has 1 aromatic heterocycles. The summed E-state index contributed by atoms with van der Waals surface area (Å²) in [5.41, 5.74) is 0. The number of aliphatic carboxylic acids is 1. The Balaban J connectivity index is 1.86. The van der Waals surface area contributed by atoms with E-state index in [0.29, 0.717) is 11.3 Å². The van der Waals surface area contributed by atoms with Crippen LogP contribution in [0.25, 0.3) is 0 Å². The van der Waals surface area contributed by atoms with Crippen molar-refractivity contribution >= 4 is 27.3 Å². The predicted octanol–water partition coefficient (Wildman–Crippen LogP) is 2.17. The first-order valence-electron chi connectivity index (χ1n) is 7.41. The molecule has 0 aliphatic rings. The quantitative estimate of drug-likeness (QED) is 0.628. The minimum Gasteiger partial charge on any atom is -0.481 e. The average Bonchev–Trinajstić information content (AvgIpc) is 3.02. The molecule has 1 heterocycles. The zero-order valence-corrected chi connectivity index (χ0v) is 14.5. The molecular weight excluding hydrogens is 350 g/mol. The molecule has 0 aliphatic heterocycles. The monoisotopic (exact) mass is 369 g/mol. The molecule has 24 heavy (non-hydrogen) atoms. The van der Waals surface area contributed by atoms with Crippen molar-refractivity contribution in [1.29, 1.82) is 0 Å². The van der Waals surface area contributed by atoms with Crippen molar-refractivity contribution in [3.63, 3.8) is 0 Å². The van der Waals surface area contributed by atoms with E-state index in [1.165, 1.54) is 23.5 Å². The van der Waals surface area contributed by atoms with Gasteiger partial charge in [-0.1, -0.05) is 18.2 Å². The molecule has 6 nitrogen and oxygen atoms in total. The van der Waals surface area contributed by atoms with E-state index < -0.39 is 22.1 Å². The molecule has 0 aliphatic carbocycles. The lowest BCUT2D eigenvalue weighted by Crippen LogP contribution is -2.25. The van der Waals surface area contributed by atoms with Gasteiger partial charge in [-0.15, -0.1) is 11.3 Å². The summed E-state index contributed by atoms with van der Waals surface area (Å²) < 4.78 is 26.7. The summed E-state index contributed by atoms with van der Waals surface area (Å²) >= 11 is 1.36. The molecule has 0 saturated heterocycles. The summed E-state index contributed by atoms with van der Waals surface area (Å²) in [5.74, 6) is -0.943. The van der Waals surface area contributed by atoms with Crippen molar-refractivity contribution in [2.24, 2.45) is 0 Å². The Hall–Kier alpha value is -1.74. The van der Waals surface area contributed by atoms with Crippen LogP contribution in [0.4, 0.5) is 0 Å². The molecule has 1 aromatic carbocycles. The van der Waals surface area contributed by atoms with Gasteiger partial charge in [0.05, 0.1) is 11.0 Å². The third kappa shape index (κ3) is 5.41. The van der Waals surface area contributed by atoms with E-state index in [-0.39, 0.29) is 24.3 Å². The molecule has 0 saturated carbocycles. The SMILES string of the molecule is O=C(O)CCC(O)c1ccc(CCNS(=O)(=O)c2ccccc2)s1. The minimum atomic E-state index is -3.52. The highest BCUT2D eigenvalue weighted by Crippen LogP contribution is 2.26. The Kier molecular flexibility index (Phi) is 6.50. The van der Waals surface area contributed by atoms with E-state index in [1.54, 1.807) is 24.3 Å². The van der Waals surface area contributed by atoms with E-state index in [2.05, 4.69) is 4.72 Å². The van der Waals surface area contributed by atoms with Crippen LogP contribution in [0.15, 0.2) is 47.4 Å². The van der Waals surface area contributed by atoms with Crippen LogP contribution < -0.4 is 4.72 Å². The fraction of sp³-hybridized carbons (Fsp3) is 0.312. The lowest BCUT2D eigenvalue weighted by Gasteiger charge is -2.06. The first-order valence-corrected chi connectivity index (χ1v) is 9.71. The normalized spacial score (nSPS) is 12.9. The average molecular weight is 369 g/mol. The van der Waals surface area contributed by atoms with Crippen molar-refractivity contribution in [3.05, 3.63) is 52.2 Å². The van der Waals surface area contributed by atoms with Gasteiger partial charge in [-0.25, -0.2) is 13.1 Å². The number of aliphatic hydroxyl groups is 1. The molecule has 0 spiro atoms. The second-order valence-corrected chi connectivity index (χ2v) is 8.18. The Morgan fingerprint density at radius 1 is 1.17 bits per heavy atom. The number of aliphatic hydroxyl groups excluding tert-OH is 1. The highest BCUT2D eigenvalue weighted by Gasteiger charge is 2.14. The van der Waals surface area contributed by atoms with Gasteiger partial charge in [0.15, 0.2) is 0 Å². The van der Waals surface area contributed by atoms with Crippen LogP contribution >= 0.6 is 11.3 Å². The number of carboxylic acids is 1. The topological polar surface area (TPSA) is 104 Å². The van der Waals surface area contributed by atoms with Crippen LogP contribution in [0.1, 0.15) is 28.7 Å². The molecular formula is C16H19NO5S2. The van der Waals surface area contributed by atoms with E-state index in [0.717, 1.165) is 4.88 Å². The van der Waals surface area contributed by atoms with Gasteiger partial charge >= 0.3 is 5.97 Å². The molecule has 0 amide bonds. The number of benzene rings is 1. The molecule has 2 aromatic rings. The van der Waals surface area contributed by atoms with Gasteiger partial charge < -0.3 is 10.2 Å². The van der Waals surface area contributed by atoms with Gasteiger partial charge in [0, 0.05) is 22.7 Å². The first kappa shape index (κ1) is 18.6. The molecule has 2 rings (SSSR count). The molecule has 1 unspecified atom stereocenters. The number of rotatable bonds is 9. The zero-order valence-electron chi connectivity index (χ0n) is 12.9. The summed E-state index contributed by atoms with van der Waals surface area (Å²) in [6.07, 6.45) is -0.232. The third-order valence-corrected chi connectivity index (χ3v) is 6.08. The maximum atomic E-state index is 12.1. The number of thiophene rings is 1. The summed E-state index contributed by atoms with van der Waals surface area (Å²) in [6.45, 7) is 0.252. The lowest BCUT2D eigenvalue weighted by molar-refractivity contribution is -0.137. The van der Waals surface area contributed by atoms with Gasteiger partial charge in [0.2, 0.25) is 10.0 Å². The highest BCUT2D eigenvalue weighted by molar-refractivity contribution is 7.89. The first-order chi connectivity index (χ1) is 11.4. The third-order valence-electron chi connectivity index (χ3n) is 3.36. The summed E-state index contributed by atoms with van der Waals surface area (Å²) in [7, 11) is -3.52. The van der Waals surface area contributed by atoms with Crippen LogP contribution in [-0.2, 0) is 21.2 Å². The van der Waals surface area contributed by atoms with Crippen molar-refractivity contribution in [3.8, 4) is 0 Å². The summed E-state index contributed by atoms with van der Waals surface area (Å²) in [6, 6.07) is 11.7. The molecule has 1 atom stereocenters. The molecule has 3 N–H and O–H groups in total. The fourth-order valence-electron chi connectivity index (χ4n) is 2.10. The molecule has 8 heteroatoms. The van der Waals surface area contributed by atoms with Gasteiger partial charge in [-0.2, -0.15) is 0 Å². The van der Waals surface area contributed by atoms with Crippen LogP contribution in [0.3, 0.4) is 0 Å². The van der Waals surface area contributed by atoms with Gasteiger partial charge in [0.1, 0.15) is 0 Å². The van der Waals surface area contributed by atoms with Gasteiger partial charge in [-0.3, -0.25) is 4.79 Å². The molecule has 130 valence electrons. The molecule has 0 radical (unpaired) electrons. The van der Waals surface area contributed by atoms with Crippen molar-refractivity contribution in [2.45, 2.75) is 30.3 Å². The number of nitrogens with one attached hydrogen (secondary N) is 1. The zero-order chi connectivity index (χ0) is 17.6. The lowest BCUT2D eigenvalue weighted by atomic mass is 10.1. The number of hydrogen-bond acceptors (Lipinski definition) is 5. The van der Waals surface area contributed by atoms with Crippen LogP contribution in [0, 0.1) is 0 Å². The van der Waals surface area contributed by atoms with Gasteiger partial charge in [-0.05, 0) is 37.1 Å². The fourth-order valence-corrected chi connectivity index (χ4v) is 4.19. The minimum absolute atomic E-state index is 0.0920. The Morgan fingerprint density at radius 3 is 2.54 bits per heavy atom. The second-order valence-electron chi connectivity index (χ2n) is 5.21. The van der Waals surface area contributed by atoms with E-state index in [4.69, 9.17) is 5.11 Å². The Bertz CT molecular complexity index is 771. The smallest absolute Gasteiger partial charge is 0.303 e. The van der Waals surface area contributed by atoms with Crippen molar-refractivity contribution in [2.75, 3.05) is 6.54 Å². The number of carbonyl (C=O) groups is 1. The highest BCUT2D eigenvalue weighted by atomic mass is 32.2. The molecule has 0 bridgehead atoms.